The number of ether oxygens (including phenoxy) is 1. The molecule has 0 aliphatic carbocycles. The minimum absolute atomic E-state index is 0.0253. The van der Waals surface area contributed by atoms with Crippen LogP contribution in [0.3, 0.4) is 0 Å². The highest BCUT2D eigenvalue weighted by Gasteiger charge is 2.32. The van der Waals surface area contributed by atoms with E-state index in [1.54, 1.807) is 31.2 Å². The summed E-state index contributed by atoms with van der Waals surface area (Å²) in [4.78, 5) is 28.3. The van der Waals surface area contributed by atoms with Crippen LogP contribution in [0.25, 0.3) is 0 Å². The van der Waals surface area contributed by atoms with E-state index in [9.17, 15) is 18.0 Å². The van der Waals surface area contributed by atoms with Gasteiger partial charge in [-0.1, -0.05) is 39.7 Å². The van der Waals surface area contributed by atoms with Crippen molar-refractivity contribution in [2.45, 2.75) is 51.2 Å². The molecule has 2 amide bonds. The molecule has 1 N–H and O–H groups in total. The number of halogens is 2. The average Bonchev–Trinajstić information content (AvgIpc) is 2.90. The molecular weight excluding hydrogens is 618 g/mol. The lowest BCUT2D eigenvalue weighted by atomic mass is 10.1. The van der Waals surface area contributed by atoms with Gasteiger partial charge < -0.3 is 15.0 Å². The van der Waals surface area contributed by atoms with Crippen molar-refractivity contribution in [1.29, 1.82) is 0 Å². The van der Waals surface area contributed by atoms with Gasteiger partial charge in [-0.2, -0.15) is 0 Å². The van der Waals surface area contributed by atoms with Gasteiger partial charge in [-0.05, 0) is 93.9 Å². The Morgan fingerprint density at radius 2 is 1.65 bits per heavy atom. The normalized spacial score (nSPS) is 12.1. The second-order valence-corrected chi connectivity index (χ2v) is 12.6. The van der Waals surface area contributed by atoms with Crippen LogP contribution in [-0.4, -0.2) is 50.4 Å². The molecule has 0 saturated carbocycles. The molecule has 0 bridgehead atoms. The molecule has 0 aliphatic rings. The molecular formula is C29H33BrClN3O5S. The van der Waals surface area contributed by atoms with Crippen LogP contribution in [0.5, 0.6) is 5.75 Å². The molecule has 0 aromatic heterocycles. The number of sulfonamides is 1. The van der Waals surface area contributed by atoms with E-state index in [2.05, 4.69) is 21.2 Å². The van der Waals surface area contributed by atoms with Crippen LogP contribution in [0, 0.1) is 0 Å². The van der Waals surface area contributed by atoms with Gasteiger partial charge in [0.2, 0.25) is 11.8 Å². The molecule has 214 valence electrons. The van der Waals surface area contributed by atoms with E-state index >= 15 is 0 Å². The third-order valence-electron chi connectivity index (χ3n) is 5.96. The van der Waals surface area contributed by atoms with Crippen LogP contribution >= 0.6 is 27.5 Å². The summed E-state index contributed by atoms with van der Waals surface area (Å²) in [6, 6.07) is 18.6. The van der Waals surface area contributed by atoms with Gasteiger partial charge in [0.1, 0.15) is 18.3 Å². The number of rotatable bonds is 12. The lowest BCUT2D eigenvalue weighted by Crippen LogP contribution is -2.52. The largest absolute Gasteiger partial charge is 0.494 e. The highest BCUT2D eigenvalue weighted by Crippen LogP contribution is 2.27. The van der Waals surface area contributed by atoms with Crippen molar-refractivity contribution in [1.82, 2.24) is 10.2 Å². The van der Waals surface area contributed by atoms with Gasteiger partial charge in [0, 0.05) is 22.1 Å². The summed E-state index contributed by atoms with van der Waals surface area (Å²) in [5.41, 5.74) is 1.05. The molecule has 1 atom stereocenters. The van der Waals surface area contributed by atoms with Gasteiger partial charge in [0.25, 0.3) is 10.0 Å². The van der Waals surface area contributed by atoms with E-state index in [0.29, 0.717) is 17.4 Å². The van der Waals surface area contributed by atoms with Crippen LogP contribution in [0.2, 0.25) is 5.02 Å². The molecule has 40 heavy (non-hydrogen) atoms. The third kappa shape index (κ3) is 8.22. The SMILES string of the molecule is CCOc1ccc(N(CC(=O)N(Cc2cccc(Br)c2)[C@H](C)C(=O)NC(C)C)S(=O)(=O)c2ccc(Cl)cc2)cc1. The number of amides is 2. The Morgan fingerprint density at radius 1 is 1.00 bits per heavy atom. The molecule has 0 aliphatic heterocycles. The van der Waals surface area contributed by atoms with Gasteiger partial charge >= 0.3 is 0 Å². The molecule has 0 fully saturated rings. The van der Waals surface area contributed by atoms with Crippen LogP contribution < -0.4 is 14.4 Å². The standard InChI is InChI=1S/C29H33BrClN3O5S/c1-5-39-26-13-11-25(12-14-26)34(40(37,38)27-15-9-24(31)10-16-27)19-28(35)33(21(4)29(36)32-20(2)3)18-22-7-6-8-23(30)17-22/h6-17,20-21H,5,18-19H2,1-4H3,(H,32,36)/t21-/m1/s1. The minimum Gasteiger partial charge on any atom is -0.494 e. The lowest BCUT2D eigenvalue weighted by molar-refractivity contribution is -0.139. The number of nitrogens with zero attached hydrogens (tertiary/aromatic N) is 2. The van der Waals surface area contributed by atoms with Crippen molar-refractivity contribution in [2.24, 2.45) is 0 Å². The van der Waals surface area contributed by atoms with Gasteiger partial charge in [0.05, 0.1) is 17.2 Å². The van der Waals surface area contributed by atoms with Crippen molar-refractivity contribution < 1.29 is 22.7 Å². The van der Waals surface area contributed by atoms with E-state index in [1.807, 2.05) is 45.0 Å². The number of carbonyl (C=O) groups is 2. The number of nitrogens with one attached hydrogen (secondary N) is 1. The Balaban J connectivity index is 2.03. The molecule has 0 saturated heterocycles. The van der Waals surface area contributed by atoms with E-state index < -0.39 is 28.5 Å². The summed E-state index contributed by atoms with van der Waals surface area (Å²) >= 11 is 9.44. The topological polar surface area (TPSA) is 96.0 Å². The van der Waals surface area contributed by atoms with Crippen LogP contribution in [-0.2, 0) is 26.2 Å². The predicted octanol–water partition coefficient (Wildman–Crippen LogP) is 5.64. The zero-order chi connectivity index (χ0) is 29.4. The molecule has 0 spiro atoms. The van der Waals surface area contributed by atoms with Crippen molar-refractivity contribution in [3.8, 4) is 5.75 Å². The maximum absolute atomic E-state index is 13.9. The second kappa shape index (κ2) is 14.0. The van der Waals surface area contributed by atoms with Crippen LogP contribution in [0.15, 0.2) is 82.2 Å². The summed E-state index contributed by atoms with van der Waals surface area (Å²) in [5, 5.41) is 3.22. The fourth-order valence-electron chi connectivity index (χ4n) is 3.96. The molecule has 0 radical (unpaired) electrons. The van der Waals surface area contributed by atoms with Crippen molar-refractivity contribution >= 4 is 55.1 Å². The Bertz CT molecular complexity index is 1420. The second-order valence-electron chi connectivity index (χ2n) is 9.38. The minimum atomic E-state index is -4.19. The zero-order valence-electron chi connectivity index (χ0n) is 22.8. The monoisotopic (exact) mass is 649 g/mol. The Kier molecular flexibility index (Phi) is 11.0. The Morgan fingerprint density at radius 3 is 2.23 bits per heavy atom. The van der Waals surface area contributed by atoms with Crippen molar-refractivity contribution in [3.05, 3.63) is 87.9 Å². The molecule has 0 heterocycles. The molecule has 3 rings (SSSR count). The van der Waals surface area contributed by atoms with Crippen molar-refractivity contribution in [3.63, 3.8) is 0 Å². The summed E-state index contributed by atoms with van der Waals surface area (Å²) in [6.07, 6.45) is 0. The number of carbonyl (C=O) groups excluding carboxylic acids is 2. The first-order chi connectivity index (χ1) is 18.9. The highest BCUT2D eigenvalue weighted by molar-refractivity contribution is 9.10. The van der Waals surface area contributed by atoms with E-state index in [4.69, 9.17) is 16.3 Å². The van der Waals surface area contributed by atoms with Gasteiger partial charge in [0.15, 0.2) is 0 Å². The fraction of sp³-hybridized carbons (Fsp3) is 0.310. The highest BCUT2D eigenvalue weighted by atomic mass is 79.9. The molecule has 3 aromatic rings. The predicted molar refractivity (Wildman–Crippen MR) is 161 cm³/mol. The summed E-state index contributed by atoms with van der Waals surface area (Å²) in [6.45, 7) is 7.15. The number of hydrogen-bond acceptors (Lipinski definition) is 5. The average molecular weight is 651 g/mol. The quantitative estimate of drug-likeness (QED) is 0.274. The van der Waals surface area contributed by atoms with E-state index in [0.717, 1.165) is 14.3 Å². The van der Waals surface area contributed by atoms with E-state index in [-0.39, 0.29) is 29.1 Å². The maximum Gasteiger partial charge on any atom is 0.264 e. The van der Waals surface area contributed by atoms with Gasteiger partial charge in [-0.15, -0.1) is 0 Å². The summed E-state index contributed by atoms with van der Waals surface area (Å²) < 4.78 is 35.1. The number of anilines is 1. The Labute approximate surface area is 249 Å². The van der Waals surface area contributed by atoms with E-state index in [1.165, 1.54) is 29.2 Å². The zero-order valence-corrected chi connectivity index (χ0v) is 26.0. The van der Waals surface area contributed by atoms with Crippen LogP contribution in [0.4, 0.5) is 5.69 Å². The first kappa shape index (κ1) is 31.4. The Hall–Kier alpha value is -3.08. The third-order valence-corrected chi connectivity index (χ3v) is 8.49. The number of hydrogen-bond donors (Lipinski definition) is 1. The first-order valence-electron chi connectivity index (χ1n) is 12.8. The lowest BCUT2D eigenvalue weighted by Gasteiger charge is -2.32. The fourth-order valence-corrected chi connectivity index (χ4v) is 5.94. The first-order valence-corrected chi connectivity index (χ1v) is 15.4. The maximum atomic E-state index is 13.9. The molecule has 11 heteroatoms. The molecule has 3 aromatic carbocycles. The smallest absolute Gasteiger partial charge is 0.264 e. The summed E-state index contributed by atoms with van der Waals surface area (Å²) in [5.74, 6) is -0.319. The number of benzene rings is 3. The summed E-state index contributed by atoms with van der Waals surface area (Å²) in [7, 11) is -4.19. The molecule has 0 unspecified atom stereocenters. The molecule has 8 nitrogen and oxygen atoms in total. The van der Waals surface area contributed by atoms with Crippen molar-refractivity contribution in [2.75, 3.05) is 17.5 Å². The van der Waals surface area contributed by atoms with Gasteiger partial charge in [-0.3, -0.25) is 13.9 Å². The van der Waals surface area contributed by atoms with Crippen LogP contribution in [0.1, 0.15) is 33.3 Å². The van der Waals surface area contributed by atoms with Gasteiger partial charge in [-0.25, -0.2) is 8.42 Å².